The second-order valence-electron chi connectivity index (χ2n) is 6.44. The monoisotopic (exact) mass is 332 g/mol. The number of nitrogens with one attached hydrogen (secondary N) is 1. The zero-order valence-corrected chi connectivity index (χ0v) is 14.4. The lowest BCUT2D eigenvalue weighted by Gasteiger charge is -2.15. The molecule has 0 unspecified atom stereocenters. The molecule has 0 saturated carbocycles. The molecule has 0 aliphatic heterocycles. The van der Waals surface area contributed by atoms with E-state index < -0.39 is 0 Å². The van der Waals surface area contributed by atoms with Gasteiger partial charge in [0.25, 0.3) is 5.91 Å². The number of rotatable bonds is 3. The van der Waals surface area contributed by atoms with Gasteiger partial charge in [-0.25, -0.2) is 0 Å². The Balaban J connectivity index is 1.65. The topological polar surface area (TPSA) is 51.2 Å². The first-order valence-electron chi connectivity index (χ1n) is 8.50. The predicted molar refractivity (Wildman–Crippen MR) is 98.0 cm³/mol. The van der Waals surface area contributed by atoms with Gasteiger partial charge in [0.05, 0.1) is 29.9 Å². The van der Waals surface area contributed by atoms with Gasteiger partial charge in [0.15, 0.2) is 0 Å². The van der Waals surface area contributed by atoms with Crippen LogP contribution in [0.15, 0.2) is 48.5 Å². The van der Waals surface area contributed by atoms with E-state index >= 15 is 0 Å². The Kier molecular flexibility index (Phi) is 3.88. The molecule has 0 spiro atoms. The summed E-state index contributed by atoms with van der Waals surface area (Å²) in [4.78, 5) is 17.4. The van der Waals surface area contributed by atoms with Crippen LogP contribution in [0.4, 0.5) is 0 Å². The largest absolute Gasteiger partial charge is 0.497 e. The van der Waals surface area contributed by atoms with Crippen molar-refractivity contribution in [2.24, 2.45) is 0 Å². The van der Waals surface area contributed by atoms with Crippen LogP contribution in [0.2, 0.25) is 0 Å². The minimum Gasteiger partial charge on any atom is -0.497 e. The number of methoxy groups -OCH3 is 1. The highest BCUT2D eigenvalue weighted by molar-refractivity contribution is 5.99. The molecule has 0 saturated heterocycles. The van der Waals surface area contributed by atoms with Crippen LogP contribution >= 0.6 is 0 Å². The molecule has 126 valence electrons. The normalized spacial score (nSPS) is 15.8. The average Bonchev–Trinajstić information content (AvgIpc) is 3.03. The molecule has 1 aliphatic rings. The zero-order chi connectivity index (χ0) is 17.4. The fraction of sp³-hybridized carbons (Fsp3) is 0.238. The second kappa shape index (κ2) is 6.20. The van der Waals surface area contributed by atoms with Crippen LogP contribution < -0.4 is 10.1 Å². The first-order chi connectivity index (χ1) is 12.2. The molecule has 0 radical (unpaired) electrons. The van der Waals surface area contributed by atoms with Crippen molar-refractivity contribution in [1.29, 1.82) is 0 Å². The molecule has 25 heavy (non-hydrogen) atoms. The van der Waals surface area contributed by atoms with Gasteiger partial charge in [-0.2, -0.15) is 0 Å². The van der Waals surface area contributed by atoms with E-state index in [9.17, 15) is 4.79 Å². The maximum Gasteiger partial charge on any atom is 0.253 e. The SMILES string of the molecule is COc1ccc2nc(C)c(C(=O)N[C@H]3CCc4ccccc43)cc2c1. The molecule has 1 atom stereocenters. The number of fused-ring (bicyclic) bond motifs is 2. The van der Waals surface area contributed by atoms with Gasteiger partial charge >= 0.3 is 0 Å². The summed E-state index contributed by atoms with van der Waals surface area (Å²) in [5.74, 6) is 0.686. The highest BCUT2D eigenvalue weighted by Crippen LogP contribution is 2.31. The molecule has 2 aromatic carbocycles. The van der Waals surface area contributed by atoms with Gasteiger partial charge in [0.2, 0.25) is 0 Å². The highest BCUT2D eigenvalue weighted by Gasteiger charge is 2.24. The maximum absolute atomic E-state index is 12.8. The highest BCUT2D eigenvalue weighted by atomic mass is 16.5. The van der Waals surface area contributed by atoms with E-state index in [1.54, 1.807) is 7.11 Å². The number of benzene rings is 2. The summed E-state index contributed by atoms with van der Waals surface area (Å²) in [5.41, 5.74) is 4.77. The van der Waals surface area contributed by atoms with Crippen LogP contribution in [0.3, 0.4) is 0 Å². The second-order valence-corrected chi connectivity index (χ2v) is 6.44. The Morgan fingerprint density at radius 2 is 2.04 bits per heavy atom. The molecule has 1 N–H and O–H groups in total. The summed E-state index contributed by atoms with van der Waals surface area (Å²) < 4.78 is 5.27. The smallest absolute Gasteiger partial charge is 0.253 e. The number of pyridine rings is 1. The Morgan fingerprint density at radius 1 is 1.20 bits per heavy atom. The van der Waals surface area contributed by atoms with Crippen molar-refractivity contribution in [3.63, 3.8) is 0 Å². The Bertz CT molecular complexity index is 965. The molecule has 3 aromatic rings. The fourth-order valence-corrected chi connectivity index (χ4v) is 3.55. The molecule has 4 heteroatoms. The maximum atomic E-state index is 12.8. The van der Waals surface area contributed by atoms with Crippen molar-refractivity contribution in [2.45, 2.75) is 25.8 Å². The van der Waals surface area contributed by atoms with Crippen LogP contribution in [-0.2, 0) is 6.42 Å². The molecule has 0 fully saturated rings. The van der Waals surface area contributed by atoms with E-state index in [0.29, 0.717) is 5.56 Å². The molecule has 1 aliphatic carbocycles. The van der Waals surface area contributed by atoms with Gasteiger partial charge in [0.1, 0.15) is 5.75 Å². The molecular formula is C21H20N2O2. The van der Waals surface area contributed by atoms with Crippen molar-refractivity contribution in [3.05, 3.63) is 70.9 Å². The number of carbonyl (C=O) groups excluding carboxylic acids is 1. The number of nitrogens with zero attached hydrogens (tertiary/aromatic N) is 1. The third-order valence-corrected chi connectivity index (χ3v) is 4.90. The lowest BCUT2D eigenvalue weighted by Crippen LogP contribution is -2.28. The number of hydrogen-bond donors (Lipinski definition) is 1. The van der Waals surface area contributed by atoms with E-state index in [1.807, 2.05) is 43.3 Å². The quantitative estimate of drug-likeness (QED) is 0.789. The third-order valence-electron chi connectivity index (χ3n) is 4.90. The average molecular weight is 332 g/mol. The van der Waals surface area contributed by atoms with Crippen LogP contribution in [0.1, 0.15) is 39.6 Å². The Labute approximate surface area is 146 Å². The van der Waals surface area contributed by atoms with Gasteiger partial charge in [-0.3, -0.25) is 9.78 Å². The standard InChI is InChI=1S/C21H20N2O2/c1-13-18(12-15-11-16(25-2)8-10-19(15)22-13)21(24)23-20-9-7-14-5-3-4-6-17(14)20/h3-6,8,10-12,20H,7,9H2,1-2H3,(H,23,24)/t20-/m0/s1. The van der Waals surface area contributed by atoms with Crippen molar-refractivity contribution < 1.29 is 9.53 Å². The summed E-state index contributed by atoms with van der Waals surface area (Å²) in [6, 6.07) is 16.0. The molecule has 1 amide bonds. The van der Waals surface area contributed by atoms with Crippen LogP contribution in [-0.4, -0.2) is 18.0 Å². The van der Waals surface area contributed by atoms with E-state index in [-0.39, 0.29) is 11.9 Å². The number of hydrogen-bond acceptors (Lipinski definition) is 3. The molecule has 1 aromatic heterocycles. The third kappa shape index (κ3) is 2.84. The lowest BCUT2D eigenvalue weighted by atomic mass is 10.1. The van der Waals surface area contributed by atoms with Crippen LogP contribution in [0.5, 0.6) is 5.75 Å². The minimum absolute atomic E-state index is 0.0728. The summed E-state index contributed by atoms with van der Waals surface area (Å²) in [6.07, 6.45) is 1.95. The number of aromatic nitrogens is 1. The Hall–Kier alpha value is -2.88. The number of amides is 1. The van der Waals surface area contributed by atoms with Crippen molar-refractivity contribution in [3.8, 4) is 5.75 Å². The number of ether oxygens (including phenoxy) is 1. The van der Waals surface area contributed by atoms with Gasteiger partial charge in [-0.15, -0.1) is 0 Å². The first-order valence-corrected chi connectivity index (χ1v) is 8.50. The summed E-state index contributed by atoms with van der Waals surface area (Å²) in [6.45, 7) is 1.88. The summed E-state index contributed by atoms with van der Waals surface area (Å²) >= 11 is 0. The summed E-state index contributed by atoms with van der Waals surface area (Å²) in [5, 5.41) is 4.08. The van der Waals surface area contributed by atoms with Crippen molar-refractivity contribution in [2.75, 3.05) is 7.11 Å². The van der Waals surface area contributed by atoms with Gasteiger partial charge in [-0.1, -0.05) is 24.3 Å². The molecule has 0 bridgehead atoms. The van der Waals surface area contributed by atoms with E-state index in [0.717, 1.165) is 35.2 Å². The zero-order valence-electron chi connectivity index (χ0n) is 14.4. The van der Waals surface area contributed by atoms with Crippen LogP contribution in [0, 0.1) is 6.92 Å². The van der Waals surface area contributed by atoms with Gasteiger partial charge in [0, 0.05) is 5.39 Å². The molecule has 1 heterocycles. The van der Waals surface area contributed by atoms with Crippen molar-refractivity contribution >= 4 is 16.8 Å². The van der Waals surface area contributed by atoms with Gasteiger partial charge in [-0.05, 0) is 55.2 Å². The molecule has 4 nitrogen and oxygen atoms in total. The van der Waals surface area contributed by atoms with Crippen molar-refractivity contribution in [1.82, 2.24) is 10.3 Å². The summed E-state index contributed by atoms with van der Waals surface area (Å²) in [7, 11) is 1.63. The number of carbonyl (C=O) groups is 1. The molecular weight excluding hydrogens is 312 g/mol. The Morgan fingerprint density at radius 3 is 2.88 bits per heavy atom. The van der Waals surface area contributed by atoms with E-state index in [1.165, 1.54) is 11.1 Å². The van der Waals surface area contributed by atoms with Crippen LogP contribution in [0.25, 0.3) is 10.9 Å². The first kappa shape index (κ1) is 15.6. The molecule has 4 rings (SSSR count). The van der Waals surface area contributed by atoms with E-state index in [2.05, 4.69) is 22.4 Å². The lowest BCUT2D eigenvalue weighted by molar-refractivity contribution is 0.0936. The fourth-order valence-electron chi connectivity index (χ4n) is 3.55. The van der Waals surface area contributed by atoms with Gasteiger partial charge < -0.3 is 10.1 Å². The minimum atomic E-state index is -0.0728. The van der Waals surface area contributed by atoms with E-state index in [4.69, 9.17) is 4.74 Å². The number of aryl methyl sites for hydroxylation is 2. The predicted octanol–water partition coefficient (Wildman–Crippen LogP) is 3.97.